The van der Waals surface area contributed by atoms with Gasteiger partial charge in [0.05, 0.1) is 11.8 Å². The second-order valence-corrected chi connectivity index (χ2v) is 4.72. The van der Waals surface area contributed by atoms with Crippen LogP contribution in [0.5, 0.6) is 0 Å². The summed E-state index contributed by atoms with van der Waals surface area (Å²) in [6.45, 7) is 0. The van der Waals surface area contributed by atoms with Crippen molar-refractivity contribution in [2.24, 2.45) is 0 Å². The van der Waals surface area contributed by atoms with Crippen molar-refractivity contribution >= 4 is 6.08 Å². The number of nitrogens with zero attached hydrogens (tertiary/aromatic N) is 3. The molecule has 0 amide bonds. The average Bonchev–Trinajstić information content (AvgIpc) is 2.61. The zero-order valence-corrected chi connectivity index (χ0v) is 11.8. The zero-order chi connectivity index (χ0) is 15.2. The number of aromatic nitrogens is 2. The molecule has 0 aliphatic rings. The number of allylic oxidation sites excluding steroid dienone is 1. The zero-order valence-electron chi connectivity index (χ0n) is 11.8. The summed E-state index contributed by atoms with van der Waals surface area (Å²) in [5.41, 5.74) is 3.83. The molecule has 0 saturated carbocycles. The molecule has 22 heavy (non-hydrogen) atoms. The number of rotatable bonds is 3. The Bertz CT molecular complexity index is 846. The van der Waals surface area contributed by atoms with Gasteiger partial charge < -0.3 is 0 Å². The van der Waals surface area contributed by atoms with Crippen LogP contribution >= 0.6 is 0 Å². The van der Waals surface area contributed by atoms with Crippen LogP contribution in [0.3, 0.4) is 0 Å². The Morgan fingerprint density at radius 1 is 0.909 bits per heavy atom. The van der Waals surface area contributed by atoms with E-state index in [1.54, 1.807) is 12.3 Å². The van der Waals surface area contributed by atoms with Crippen LogP contribution in [0.2, 0.25) is 0 Å². The van der Waals surface area contributed by atoms with Crippen LogP contribution in [-0.2, 0) is 0 Å². The molecule has 3 rings (SSSR count). The molecular weight excluding hydrogens is 270 g/mol. The minimum absolute atomic E-state index is 0.675. The van der Waals surface area contributed by atoms with Gasteiger partial charge in [0.2, 0.25) is 0 Å². The summed E-state index contributed by atoms with van der Waals surface area (Å²) in [5, 5.41) is 8.61. The summed E-state index contributed by atoms with van der Waals surface area (Å²) in [6.07, 6.45) is 4.99. The normalized spacial score (nSPS) is 10.5. The predicted molar refractivity (Wildman–Crippen MR) is 87.6 cm³/mol. The maximum absolute atomic E-state index is 8.61. The third-order valence-corrected chi connectivity index (χ3v) is 3.22. The lowest BCUT2D eigenvalue weighted by Crippen LogP contribution is -1.91. The molecule has 0 atom stereocenters. The van der Waals surface area contributed by atoms with Crippen LogP contribution in [0.4, 0.5) is 0 Å². The third kappa shape index (κ3) is 3.08. The van der Waals surface area contributed by atoms with E-state index in [4.69, 9.17) is 5.26 Å². The highest BCUT2D eigenvalue weighted by Crippen LogP contribution is 2.21. The van der Waals surface area contributed by atoms with Gasteiger partial charge in [-0.3, -0.25) is 0 Å². The standard InChI is InChI=1S/C19H13N3/c20-12-5-7-15-6-4-10-17(14-15)19-21-13-11-18(22-19)16-8-2-1-3-9-16/h1-11,13-14H/b7-5+. The van der Waals surface area contributed by atoms with Crippen molar-refractivity contribution < 1.29 is 0 Å². The van der Waals surface area contributed by atoms with Gasteiger partial charge in [0.15, 0.2) is 5.82 Å². The molecule has 104 valence electrons. The van der Waals surface area contributed by atoms with E-state index in [0.29, 0.717) is 5.82 Å². The van der Waals surface area contributed by atoms with Crippen LogP contribution in [0.1, 0.15) is 5.56 Å². The maximum atomic E-state index is 8.61. The molecule has 0 unspecified atom stereocenters. The van der Waals surface area contributed by atoms with Gasteiger partial charge in [0.25, 0.3) is 0 Å². The Hall–Kier alpha value is -3.25. The summed E-state index contributed by atoms with van der Waals surface area (Å²) in [5.74, 6) is 0.675. The molecule has 3 nitrogen and oxygen atoms in total. The second-order valence-electron chi connectivity index (χ2n) is 4.72. The summed E-state index contributed by atoms with van der Waals surface area (Å²) in [7, 11) is 0. The number of hydrogen-bond donors (Lipinski definition) is 0. The fraction of sp³-hybridized carbons (Fsp3) is 0. The quantitative estimate of drug-likeness (QED) is 0.671. The van der Waals surface area contributed by atoms with Gasteiger partial charge in [-0.25, -0.2) is 9.97 Å². The van der Waals surface area contributed by atoms with E-state index in [0.717, 1.165) is 22.4 Å². The Morgan fingerprint density at radius 2 is 1.73 bits per heavy atom. The van der Waals surface area contributed by atoms with Gasteiger partial charge in [-0.15, -0.1) is 0 Å². The molecule has 0 N–H and O–H groups in total. The van der Waals surface area contributed by atoms with Crippen LogP contribution in [0.25, 0.3) is 28.7 Å². The first kappa shape index (κ1) is 13.7. The highest BCUT2D eigenvalue weighted by Gasteiger charge is 2.04. The lowest BCUT2D eigenvalue weighted by atomic mass is 10.1. The van der Waals surface area contributed by atoms with E-state index in [1.165, 1.54) is 6.08 Å². The molecule has 1 heterocycles. The van der Waals surface area contributed by atoms with Gasteiger partial charge in [-0.05, 0) is 23.8 Å². The van der Waals surface area contributed by atoms with Crippen molar-refractivity contribution in [2.45, 2.75) is 0 Å². The van der Waals surface area contributed by atoms with Gasteiger partial charge in [0.1, 0.15) is 0 Å². The lowest BCUT2D eigenvalue weighted by Gasteiger charge is -2.05. The summed E-state index contributed by atoms with van der Waals surface area (Å²) >= 11 is 0. The molecule has 0 radical (unpaired) electrons. The fourth-order valence-corrected chi connectivity index (χ4v) is 2.18. The predicted octanol–water partition coefficient (Wildman–Crippen LogP) is 4.35. The van der Waals surface area contributed by atoms with Crippen LogP contribution in [0, 0.1) is 11.3 Å². The molecule has 0 fully saturated rings. The third-order valence-electron chi connectivity index (χ3n) is 3.22. The molecule has 1 aromatic heterocycles. The van der Waals surface area contributed by atoms with E-state index in [1.807, 2.05) is 66.7 Å². The average molecular weight is 283 g/mol. The van der Waals surface area contributed by atoms with Crippen molar-refractivity contribution in [3.63, 3.8) is 0 Å². The molecule has 0 spiro atoms. The molecule has 3 aromatic rings. The molecule has 0 aliphatic heterocycles. The van der Waals surface area contributed by atoms with E-state index >= 15 is 0 Å². The molecule has 0 saturated heterocycles. The lowest BCUT2D eigenvalue weighted by molar-refractivity contribution is 1.18. The highest BCUT2D eigenvalue weighted by molar-refractivity contribution is 5.66. The van der Waals surface area contributed by atoms with Crippen molar-refractivity contribution in [2.75, 3.05) is 0 Å². The first-order chi connectivity index (χ1) is 10.9. The van der Waals surface area contributed by atoms with Crippen LogP contribution in [0.15, 0.2) is 72.9 Å². The van der Waals surface area contributed by atoms with E-state index in [-0.39, 0.29) is 0 Å². The van der Waals surface area contributed by atoms with E-state index in [2.05, 4.69) is 9.97 Å². The monoisotopic (exact) mass is 283 g/mol. The number of hydrogen-bond acceptors (Lipinski definition) is 3. The molecule has 0 aliphatic carbocycles. The van der Waals surface area contributed by atoms with Crippen molar-refractivity contribution in [1.29, 1.82) is 5.26 Å². The molecular formula is C19H13N3. The van der Waals surface area contributed by atoms with Crippen molar-refractivity contribution in [3.8, 4) is 28.7 Å². The van der Waals surface area contributed by atoms with Crippen LogP contribution in [-0.4, -0.2) is 9.97 Å². The van der Waals surface area contributed by atoms with Crippen molar-refractivity contribution in [1.82, 2.24) is 9.97 Å². The minimum atomic E-state index is 0.675. The Morgan fingerprint density at radius 3 is 2.55 bits per heavy atom. The maximum Gasteiger partial charge on any atom is 0.159 e. The first-order valence-electron chi connectivity index (χ1n) is 6.92. The summed E-state index contributed by atoms with van der Waals surface area (Å²) in [6, 6.07) is 21.7. The van der Waals surface area contributed by atoms with Gasteiger partial charge in [0, 0.05) is 23.4 Å². The van der Waals surface area contributed by atoms with Crippen molar-refractivity contribution in [3.05, 3.63) is 78.5 Å². The fourth-order valence-electron chi connectivity index (χ4n) is 2.18. The Labute approximate surface area is 129 Å². The Kier molecular flexibility index (Phi) is 4.03. The summed E-state index contributed by atoms with van der Waals surface area (Å²) < 4.78 is 0. The second kappa shape index (κ2) is 6.47. The smallest absolute Gasteiger partial charge is 0.159 e. The van der Waals surface area contributed by atoms with E-state index < -0.39 is 0 Å². The van der Waals surface area contributed by atoms with Gasteiger partial charge in [-0.2, -0.15) is 5.26 Å². The Balaban J connectivity index is 1.99. The van der Waals surface area contributed by atoms with Gasteiger partial charge in [-0.1, -0.05) is 48.5 Å². The largest absolute Gasteiger partial charge is 0.237 e. The first-order valence-corrected chi connectivity index (χ1v) is 6.92. The summed E-state index contributed by atoms with van der Waals surface area (Å²) in [4.78, 5) is 8.99. The van der Waals surface area contributed by atoms with E-state index in [9.17, 15) is 0 Å². The molecule has 3 heteroatoms. The number of benzene rings is 2. The highest BCUT2D eigenvalue weighted by atomic mass is 14.9. The minimum Gasteiger partial charge on any atom is -0.237 e. The molecule has 2 aromatic carbocycles. The topological polar surface area (TPSA) is 49.6 Å². The SMILES string of the molecule is N#C/C=C/c1cccc(-c2nccc(-c3ccccc3)n2)c1. The van der Waals surface area contributed by atoms with Crippen LogP contribution < -0.4 is 0 Å². The number of nitriles is 1. The van der Waals surface area contributed by atoms with Gasteiger partial charge >= 0.3 is 0 Å². The molecule has 0 bridgehead atoms.